The van der Waals surface area contributed by atoms with Crippen LogP contribution in [0.5, 0.6) is 0 Å². The van der Waals surface area contributed by atoms with E-state index in [2.05, 4.69) is 10.6 Å². The smallest absolute Gasteiger partial charge is 0.326 e. The lowest BCUT2D eigenvalue weighted by Gasteiger charge is -2.15. The number of aliphatic carboxylic acids is 1. The van der Waals surface area contributed by atoms with Crippen molar-refractivity contribution in [1.29, 1.82) is 0 Å². The lowest BCUT2D eigenvalue weighted by atomic mass is 10.1. The SMILES string of the molecule is Cc1c(F)cccc1NC(=O)NC(CCC(N)=O)C(=O)O. The third-order valence-electron chi connectivity index (χ3n) is 2.80. The zero-order valence-electron chi connectivity index (χ0n) is 11.4. The van der Waals surface area contributed by atoms with E-state index in [1.165, 1.54) is 25.1 Å². The Morgan fingerprint density at radius 3 is 2.62 bits per heavy atom. The maximum Gasteiger partial charge on any atom is 0.326 e. The minimum absolute atomic E-state index is 0.125. The summed E-state index contributed by atoms with van der Waals surface area (Å²) >= 11 is 0. The number of rotatable bonds is 6. The van der Waals surface area contributed by atoms with E-state index in [1.54, 1.807) is 0 Å². The summed E-state index contributed by atoms with van der Waals surface area (Å²) in [6.07, 6.45) is -0.295. The lowest BCUT2D eigenvalue weighted by Crippen LogP contribution is -2.43. The fraction of sp³-hybridized carbons (Fsp3) is 0.308. The Morgan fingerprint density at radius 2 is 2.05 bits per heavy atom. The average molecular weight is 297 g/mol. The fourth-order valence-electron chi connectivity index (χ4n) is 1.60. The maximum atomic E-state index is 13.3. The molecule has 0 aliphatic carbocycles. The van der Waals surface area contributed by atoms with Crippen molar-refractivity contribution in [3.8, 4) is 0 Å². The van der Waals surface area contributed by atoms with E-state index < -0.39 is 29.8 Å². The van der Waals surface area contributed by atoms with Crippen LogP contribution in [0.2, 0.25) is 0 Å². The fourth-order valence-corrected chi connectivity index (χ4v) is 1.60. The average Bonchev–Trinajstić information content (AvgIpc) is 2.39. The van der Waals surface area contributed by atoms with Crippen LogP contribution in [-0.4, -0.2) is 29.1 Å². The quantitative estimate of drug-likeness (QED) is 0.625. The van der Waals surface area contributed by atoms with Gasteiger partial charge in [0.15, 0.2) is 0 Å². The Bertz CT molecular complexity index is 562. The van der Waals surface area contributed by atoms with E-state index in [-0.39, 0.29) is 24.1 Å². The summed E-state index contributed by atoms with van der Waals surface area (Å²) in [7, 11) is 0. The number of amides is 3. The van der Waals surface area contributed by atoms with Gasteiger partial charge in [-0.25, -0.2) is 14.0 Å². The molecule has 1 aromatic rings. The van der Waals surface area contributed by atoms with Crippen LogP contribution in [0.3, 0.4) is 0 Å². The summed E-state index contributed by atoms with van der Waals surface area (Å²) in [5, 5.41) is 13.5. The minimum Gasteiger partial charge on any atom is -0.480 e. The van der Waals surface area contributed by atoms with Gasteiger partial charge in [0.1, 0.15) is 11.9 Å². The van der Waals surface area contributed by atoms with Crippen LogP contribution in [0.4, 0.5) is 14.9 Å². The molecule has 114 valence electrons. The number of urea groups is 1. The minimum atomic E-state index is -1.29. The van der Waals surface area contributed by atoms with Gasteiger partial charge >= 0.3 is 12.0 Å². The van der Waals surface area contributed by atoms with Crippen molar-refractivity contribution in [2.45, 2.75) is 25.8 Å². The molecule has 0 bridgehead atoms. The second-order valence-corrected chi connectivity index (χ2v) is 4.41. The molecule has 3 amide bonds. The highest BCUT2D eigenvalue weighted by molar-refractivity contribution is 5.93. The number of hydrogen-bond donors (Lipinski definition) is 4. The molecule has 0 radical (unpaired) electrons. The van der Waals surface area contributed by atoms with Gasteiger partial charge in [0.25, 0.3) is 0 Å². The highest BCUT2D eigenvalue weighted by Gasteiger charge is 2.20. The van der Waals surface area contributed by atoms with E-state index in [4.69, 9.17) is 10.8 Å². The molecule has 0 aliphatic rings. The van der Waals surface area contributed by atoms with E-state index in [0.717, 1.165) is 0 Å². The first-order valence-electron chi connectivity index (χ1n) is 6.15. The number of nitrogens with one attached hydrogen (secondary N) is 2. The van der Waals surface area contributed by atoms with Crippen LogP contribution in [0.15, 0.2) is 18.2 Å². The van der Waals surface area contributed by atoms with E-state index in [1.807, 2.05) is 0 Å². The van der Waals surface area contributed by atoms with E-state index in [0.29, 0.717) is 0 Å². The van der Waals surface area contributed by atoms with Crippen LogP contribution < -0.4 is 16.4 Å². The third-order valence-corrected chi connectivity index (χ3v) is 2.80. The number of carbonyl (C=O) groups excluding carboxylic acids is 2. The van der Waals surface area contributed by atoms with Crippen LogP contribution >= 0.6 is 0 Å². The number of benzene rings is 1. The summed E-state index contributed by atoms with van der Waals surface area (Å²) in [4.78, 5) is 33.3. The van der Waals surface area contributed by atoms with Gasteiger partial charge in [0.05, 0.1) is 0 Å². The van der Waals surface area contributed by atoms with Crippen molar-refractivity contribution in [3.63, 3.8) is 0 Å². The van der Waals surface area contributed by atoms with Crippen molar-refractivity contribution in [2.24, 2.45) is 5.73 Å². The van der Waals surface area contributed by atoms with Crippen LogP contribution in [0, 0.1) is 12.7 Å². The molecule has 21 heavy (non-hydrogen) atoms. The normalized spacial score (nSPS) is 11.5. The number of primary amides is 1. The predicted octanol–water partition coefficient (Wildman–Crippen LogP) is 0.974. The topological polar surface area (TPSA) is 122 Å². The van der Waals surface area contributed by atoms with Gasteiger partial charge in [-0.3, -0.25) is 4.79 Å². The molecular weight excluding hydrogens is 281 g/mol. The number of carbonyl (C=O) groups is 3. The Labute approximate surface area is 120 Å². The molecule has 5 N–H and O–H groups in total. The molecule has 0 aliphatic heterocycles. The highest BCUT2D eigenvalue weighted by Crippen LogP contribution is 2.17. The Morgan fingerprint density at radius 1 is 1.38 bits per heavy atom. The number of hydrogen-bond acceptors (Lipinski definition) is 3. The first-order valence-corrected chi connectivity index (χ1v) is 6.15. The molecule has 8 heteroatoms. The maximum absolute atomic E-state index is 13.3. The molecule has 1 rings (SSSR count). The molecule has 1 atom stereocenters. The standard InChI is InChI=1S/C13H16FN3O4/c1-7-8(14)3-2-4-9(7)16-13(21)17-10(12(19)20)5-6-11(15)18/h2-4,10H,5-6H2,1H3,(H2,15,18)(H,19,20)(H2,16,17,21). The van der Waals surface area contributed by atoms with Crippen LogP contribution in [-0.2, 0) is 9.59 Å². The second-order valence-electron chi connectivity index (χ2n) is 4.41. The van der Waals surface area contributed by atoms with Crippen molar-refractivity contribution in [1.82, 2.24) is 5.32 Å². The lowest BCUT2D eigenvalue weighted by molar-refractivity contribution is -0.139. The second kappa shape index (κ2) is 7.22. The summed E-state index contributed by atoms with van der Waals surface area (Å²) < 4.78 is 13.3. The molecular formula is C13H16FN3O4. The summed E-state index contributed by atoms with van der Waals surface area (Å²) in [6.45, 7) is 1.48. The summed E-state index contributed by atoms with van der Waals surface area (Å²) in [5.74, 6) is -2.44. The van der Waals surface area contributed by atoms with Gasteiger partial charge < -0.3 is 21.5 Å². The molecule has 0 saturated heterocycles. The first-order chi connectivity index (χ1) is 9.81. The Balaban J connectivity index is 2.67. The Kier molecular flexibility index (Phi) is 5.65. The van der Waals surface area contributed by atoms with E-state index >= 15 is 0 Å². The number of nitrogens with two attached hydrogens (primary N) is 1. The van der Waals surface area contributed by atoms with Crippen molar-refractivity contribution >= 4 is 23.6 Å². The Hall–Kier alpha value is -2.64. The zero-order valence-corrected chi connectivity index (χ0v) is 11.4. The number of halogens is 1. The van der Waals surface area contributed by atoms with Gasteiger partial charge in [0.2, 0.25) is 5.91 Å². The summed E-state index contributed by atoms with van der Waals surface area (Å²) in [5.41, 5.74) is 5.39. The molecule has 1 unspecified atom stereocenters. The van der Waals surface area contributed by atoms with Crippen molar-refractivity contribution in [2.75, 3.05) is 5.32 Å². The van der Waals surface area contributed by atoms with Gasteiger partial charge in [0, 0.05) is 17.7 Å². The van der Waals surface area contributed by atoms with Crippen LogP contribution in [0.1, 0.15) is 18.4 Å². The van der Waals surface area contributed by atoms with E-state index in [9.17, 15) is 18.8 Å². The predicted molar refractivity (Wildman–Crippen MR) is 73.1 cm³/mol. The summed E-state index contributed by atoms with van der Waals surface area (Å²) in [6, 6.07) is 2.08. The molecule has 0 heterocycles. The highest BCUT2D eigenvalue weighted by atomic mass is 19.1. The number of carboxylic acid groups (broad SMARTS) is 1. The van der Waals surface area contributed by atoms with Crippen molar-refractivity contribution < 1.29 is 23.9 Å². The molecule has 7 nitrogen and oxygen atoms in total. The van der Waals surface area contributed by atoms with Gasteiger partial charge in [-0.05, 0) is 25.5 Å². The number of anilines is 1. The molecule has 0 fully saturated rings. The van der Waals surface area contributed by atoms with Crippen LogP contribution in [0.25, 0.3) is 0 Å². The largest absolute Gasteiger partial charge is 0.480 e. The van der Waals surface area contributed by atoms with Gasteiger partial charge in [-0.15, -0.1) is 0 Å². The van der Waals surface area contributed by atoms with Gasteiger partial charge in [-0.1, -0.05) is 6.07 Å². The van der Waals surface area contributed by atoms with Gasteiger partial charge in [-0.2, -0.15) is 0 Å². The number of carboxylic acids is 1. The third kappa shape index (κ3) is 5.09. The molecule has 1 aromatic carbocycles. The molecule has 0 spiro atoms. The molecule has 0 saturated carbocycles. The molecule has 0 aromatic heterocycles. The van der Waals surface area contributed by atoms with Crippen molar-refractivity contribution in [3.05, 3.63) is 29.6 Å². The zero-order chi connectivity index (χ0) is 16.0. The first kappa shape index (κ1) is 16.4. The monoisotopic (exact) mass is 297 g/mol.